The lowest BCUT2D eigenvalue weighted by Crippen LogP contribution is -2.49. The number of carbonyl (C=O) groups is 2. The van der Waals surface area contributed by atoms with Crippen molar-refractivity contribution in [1.29, 1.82) is 0 Å². The number of aliphatic hydroxyl groups is 1. The van der Waals surface area contributed by atoms with Gasteiger partial charge in [0.25, 0.3) is 0 Å². The van der Waals surface area contributed by atoms with Gasteiger partial charge in [0.05, 0.1) is 6.42 Å². The van der Waals surface area contributed by atoms with Gasteiger partial charge in [0.1, 0.15) is 6.04 Å². The smallest absolute Gasteiger partial charge is 0.333 e. The van der Waals surface area contributed by atoms with E-state index in [1.165, 1.54) is 0 Å². The van der Waals surface area contributed by atoms with Crippen LogP contribution in [0.25, 0.3) is 0 Å². The van der Waals surface area contributed by atoms with Crippen LogP contribution in [0.5, 0.6) is 0 Å². The molecule has 1 aromatic carbocycles. The topological polar surface area (TPSA) is 96.2 Å². The molecule has 24 heavy (non-hydrogen) atoms. The number of fused-ring (bicyclic) bond motifs is 2. The molecule has 1 aromatic rings. The molecule has 3 rings (SSSR count). The Kier molecular flexibility index (Phi) is 4.87. The summed E-state index contributed by atoms with van der Waals surface area (Å²) in [7, 11) is 0. The van der Waals surface area contributed by atoms with Crippen molar-refractivity contribution in [2.45, 2.75) is 43.9 Å². The maximum Gasteiger partial charge on any atom is 0.333 e. The van der Waals surface area contributed by atoms with Gasteiger partial charge in [-0.15, -0.1) is 0 Å². The molecule has 1 aliphatic carbocycles. The van der Waals surface area contributed by atoms with Gasteiger partial charge in [-0.1, -0.05) is 29.8 Å². The maximum absolute atomic E-state index is 12.4. The highest BCUT2D eigenvalue weighted by Gasteiger charge is 2.43. The largest absolute Gasteiger partial charge is 0.479 e. The van der Waals surface area contributed by atoms with Crippen LogP contribution in [0, 0.1) is 5.92 Å². The summed E-state index contributed by atoms with van der Waals surface area (Å²) in [5, 5.41) is 18.9. The van der Waals surface area contributed by atoms with Gasteiger partial charge in [0, 0.05) is 5.02 Å². The monoisotopic (exact) mass is 351 g/mol. The van der Waals surface area contributed by atoms with Crippen molar-refractivity contribution in [3.05, 3.63) is 34.9 Å². The van der Waals surface area contributed by atoms with E-state index in [-0.39, 0.29) is 24.0 Å². The van der Waals surface area contributed by atoms with Gasteiger partial charge in [-0.05, 0) is 36.8 Å². The Labute approximate surface area is 144 Å². The number of hydrogen-bond acceptors (Lipinski definition) is 5. The van der Waals surface area contributed by atoms with Crippen LogP contribution in [0.3, 0.4) is 0 Å². The zero-order valence-corrected chi connectivity index (χ0v) is 13.6. The minimum atomic E-state index is -1.58. The number of ketones is 1. The Morgan fingerprint density at radius 1 is 1.38 bits per heavy atom. The number of halogens is 1. The summed E-state index contributed by atoms with van der Waals surface area (Å²) in [5.74, 6) is -1.28. The molecule has 4 atom stereocenters. The first-order valence-corrected chi connectivity index (χ1v) is 8.25. The van der Waals surface area contributed by atoms with E-state index in [1.54, 1.807) is 0 Å². The van der Waals surface area contributed by atoms with Gasteiger partial charge < -0.3 is 14.9 Å². The second kappa shape index (κ2) is 6.91. The van der Waals surface area contributed by atoms with E-state index in [1.807, 2.05) is 24.3 Å². The van der Waals surface area contributed by atoms with Crippen molar-refractivity contribution in [3.8, 4) is 0 Å². The first-order chi connectivity index (χ1) is 11.5. The summed E-state index contributed by atoms with van der Waals surface area (Å²) >= 11 is 6.20. The van der Waals surface area contributed by atoms with Crippen LogP contribution < -0.4 is 0 Å². The molecule has 0 amide bonds. The third kappa shape index (κ3) is 3.44. The van der Waals surface area contributed by atoms with E-state index in [2.05, 4.69) is 4.99 Å². The summed E-state index contributed by atoms with van der Waals surface area (Å²) in [6.45, 7) is 0. The molecule has 1 fully saturated rings. The summed E-state index contributed by atoms with van der Waals surface area (Å²) in [4.78, 5) is 27.5. The van der Waals surface area contributed by atoms with Gasteiger partial charge in [0.15, 0.2) is 23.9 Å². The number of rotatable bonds is 5. The van der Waals surface area contributed by atoms with Crippen molar-refractivity contribution in [1.82, 2.24) is 0 Å². The van der Waals surface area contributed by atoms with Gasteiger partial charge in [0.2, 0.25) is 0 Å². The van der Waals surface area contributed by atoms with Crippen LogP contribution in [-0.2, 0) is 20.7 Å². The standard InChI is InChI=1S/C17H18ClNO5/c18-11-4-2-1-3-9(11)7-10-5-6-13-16(21)15(10)19-14(24-13)8-12(20)17(22)23/h1-4,10,12-13,15,20H,5-8H2,(H,22,23). The molecule has 6 nitrogen and oxygen atoms in total. The van der Waals surface area contributed by atoms with E-state index < -0.39 is 24.2 Å². The predicted molar refractivity (Wildman–Crippen MR) is 87.2 cm³/mol. The molecule has 2 bridgehead atoms. The van der Waals surface area contributed by atoms with E-state index in [0.29, 0.717) is 17.9 Å². The van der Waals surface area contributed by atoms with Crippen molar-refractivity contribution >= 4 is 29.3 Å². The molecule has 0 saturated heterocycles. The Hall–Kier alpha value is -1.92. The number of benzene rings is 1. The summed E-state index contributed by atoms with van der Waals surface area (Å²) < 4.78 is 5.46. The summed E-state index contributed by atoms with van der Waals surface area (Å²) in [5.41, 5.74) is 0.962. The molecule has 4 unspecified atom stereocenters. The Balaban J connectivity index is 1.79. The molecule has 0 aromatic heterocycles. The summed E-state index contributed by atoms with van der Waals surface area (Å²) in [6.07, 6.45) is -0.433. The minimum absolute atomic E-state index is 0.00507. The molecule has 2 N–H and O–H groups in total. The van der Waals surface area contributed by atoms with Gasteiger partial charge >= 0.3 is 5.97 Å². The molecular weight excluding hydrogens is 334 g/mol. The molecule has 0 spiro atoms. The molecule has 2 aliphatic rings. The second-order valence-corrected chi connectivity index (χ2v) is 6.57. The predicted octanol–water partition coefficient (Wildman–Crippen LogP) is 1.86. The molecule has 1 aliphatic heterocycles. The number of aliphatic imine (C=N–C) groups is 1. The van der Waals surface area contributed by atoms with Gasteiger partial charge in [-0.25, -0.2) is 9.79 Å². The van der Waals surface area contributed by atoms with Crippen LogP contribution in [0.1, 0.15) is 24.8 Å². The number of hydrogen-bond donors (Lipinski definition) is 2. The van der Waals surface area contributed by atoms with Crippen LogP contribution in [0.15, 0.2) is 29.3 Å². The molecule has 0 radical (unpaired) electrons. The maximum atomic E-state index is 12.4. The lowest BCUT2D eigenvalue weighted by Gasteiger charge is -2.37. The number of carbonyl (C=O) groups excluding carboxylic acids is 1. The van der Waals surface area contributed by atoms with Gasteiger partial charge in [-0.2, -0.15) is 0 Å². The third-order valence-corrected chi connectivity index (χ3v) is 4.88. The number of aliphatic carboxylic acids is 1. The van der Waals surface area contributed by atoms with Crippen molar-refractivity contribution in [2.75, 3.05) is 0 Å². The third-order valence-electron chi connectivity index (χ3n) is 4.51. The minimum Gasteiger partial charge on any atom is -0.479 e. The fraction of sp³-hybridized carbons (Fsp3) is 0.471. The first kappa shape index (κ1) is 16.9. The average Bonchev–Trinajstić information content (AvgIpc) is 2.53. The van der Waals surface area contributed by atoms with Crippen LogP contribution in [0.4, 0.5) is 0 Å². The number of aliphatic hydroxyl groups excluding tert-OH is 1. The number of nitrogens with zero attached hydrogens (tertiary/aromatic N) is 1. The van der Waals surface area contributed by atoms with E-state index in [9.17, 15) is 14.7 Å². The molecule has 7 heteroatoms. The molecule has 128 valence electrons. The van der Waals surface area contributed by atoms with E-state index >= 15 is 0 Å². The lowest BCUT2D eigenvalue weighted by atomic mass is 9.78. The fourth-order valence-electron chi connectivity index (χ4n) is 3.24. The zero-order chi connectivity index (χ0) is 17.3. The first-order valence-electron chi connectivity index (χ1n) is 7.87. The van der Waals surface area contributed by atoms with Gasteiger partial charge in [-0.3, -0.25) is 4.79 Å². The highest BCUT2D eigenvalue weighted by atomic mass is 35.5. The number of Topliss-reactive ketones (excluding diaryl/α,β-unsaturated/α-hetero) is 1. The van der Waals surface area contributed by atoms with Crippen molar-refractivity contribution < 1.29 is 24.5 Å². The van der Waals surface area contributed by atoms with Crippen LogP contribution >= 0.6 is 11.6 Å². The Bertz CT molecular complexity index is 689. The van der Waals surface area contributed by atoms with Crippen LogP contribution in [0.2, 0.25) is 5.02 Å². The SMILES string of the molecule is O=C(O)C(O)CC1=NC2C(=O)C(CCC2Cc2ccccc2Cl)O1. The number of carboxylic acids is 1. The highest BCUT2D eigenvalue weighted by molar-refractivity contribution is 6.31. The van der Waals surface area contributed by atoms with Crippen LogP contribution in [-0.4, -0.2) is 46.1 Å². The summed E-state index contributed by atoms with van der Waals surface area (Å²) in [6, 6.07) is 6.93. The molecule has 1 heterocycles. The van der Waals surface area contributed by atoms with E-state index in [0.717, 1.165) is 12.0 Å². The normalized spacial score (nSPS) is 27.2. The Morgan fingerprint density at radius 2 is 2.12 bits per heavy atom. The molecular formula is C17H18ClNO5. The number of carboxylic acid groups (broad SMARTS) is 1. The van der Waals surface area contributed by atoms with Crippen molar-refractivity contribution in [3.63, 3.8) is 0 Å². The lowest BCUT2D eigenvalue weighted by molar-refractivity contribution is -0.146. The van der Waals surface area contributed by atoms with E-state index in [4.69, 9.17) is 21.4 Å². The number of ether oxygens (including phenoxy) is 1. The quantitative estimate of drug-likeness (QED) is 0.844. The van der Waals surface area contributed by atoms with Crippen molar-refractivity contribution in [2.24, 2.45) is 10.9 Å². The Morgan fingerprint density at radius 3 is 2.83 bits per heavy atom. The average molecular weight is 352 g/mol. The fourth-order valence-corrected chi connectivity index (χ4v) is 3.45. The highest BCUT2D eigenvalue weighted by Crippen LogP contribution is 2.34. The second-order valence-electron chi connectivity index (χ2n) is 6.17. The zero-order valence-electron chi connectivity index (χ0n) is 12.9. The molecule has 1 saturated carbocycles.